The van der Waals surface area contributed by atoms with Crippen molar-refractivity contribution in [3.8, 4) is 5.88 Å². The first kappa shape index (κ1) is 19.9. The molecule has 0 saturated carbocycles. The fourth-order valence-electron chi connectivity index (χ4n) is 2.79. The van der Waals surface area contributed by atoms with E-state index in [-0.39, 0.29) is 22.6 Å². The van der Waals surface area contributed by atoms with E-state index in [1.54, 1.807) is 25.1 Å². The second kappa shape index (κ2) is 7.31. The minimum absolute atomic E-state index is 0.0217. The molecule has 1 aromatic carbocycles. The number of ether oxygens (including phenoxy) is 1. The second-order valence-electron chi connectivity index (χ2n) is 6.16. The van der Waals surface area contributed by atoms with Crippen LogP contribution in [0.25, 0.3) is 11.0 Å². The smallest absolute Gasteiger partial charge is 0.417 e. The van der Waals surface area contributed by atoms with E-state index in [0.29, 0.717) is 16.3 Å². The number of halogens is 4. The molecule has 3 rings (SSSR count). The lowest BCUT2D eigenvalue weighted by Crippen LogP contribution is -2.21. The first-order valence-electron chi connectivity index (χ1n) is 8.17. The number of carbonyl (C=O) groups excluding carboxylic acids is 1. The monoisotopic (exact) mass is 412 g/mol. The van der Waals surface area contributed by atoms with Crippen molar-refractivity contribution in [3.63, 3.8) is 0 Å². The van der Waals surface area contributed by atoms with Crippen molar-refractivity contribution in [2.24, 2.45) is 7.05 Å². The van der Waals surface area contributed by atoms with Crippen LogP contribution in [0.1, 0.15) is 16.8 Å². The Morgan fingerprint density at radius 3 is 2.71 bits per heavy atom. The molecule has 148 valence electrons. The van der Waals surface area contributed by atoms with Crippen molar-refractivity contribution in [2.75, 3.05) is 11.9 Å². The highest BCUT2D eigenvalue weighted by molar-refractivity contribution is 6.31. The lowest BCUT2D eigenvalue weighted by Gasteiger charge is -2.12. The van der Waals surface area contributed by atoms with E-state index in [0.717, 1.165) is 6.07 Å². The molecule has 0 saturated heterocycles. The minimum atomic E-state index is -4.62. The van der Waals surface area contributed by atoms with Crippen LogP contribution < -0.4 is 10.1 Å². The van der Waals surface area contributed by atoms with Crippen molar-refractivity contribution in [2.45, 2.75) is 20.0 Å². The predicted octanol–water partition coefficient (Wildman–Crippen LogP) is 4.27. The third kappa shape index (κ3) is 3.89. The van der Waals surface area contributed by atoms with Crippen molar-refractivity contribution < 1.29 is 22.7 Å². The van der Waals surface area contributed by atoms with E-state index in [9.17, 15) is 18.0 Å². The molecule has 2 aromatic heterocycles. The van der Waals surface area contributed by atoms with Crippen LogP contribution in [-0.2, 0) is 18.0 Å². The van der Waals surface area contributed by atoms with Gasteiger partial charge in [0.15, 0.2) is 12.3 Å². The highest BCUT2D eigenvalue weighted by Crippen LogP contribution is 2.37. The standard InChI is InChI=1S/C18H16ClF3N4O2/c1-9-12(19)5-4-6-13(9)23-14(27)8-28-15-7-11(18(20,21)22)16-10(2)25-26(3)17(16)24-15/h4-7H,8H2,1-3H3,(H,23,27). The van der Waals surface area contributed by atoms with Gasteiger partial charge >= 0.3 is 6.18 Å². The van der Waals surface area contributed by atoms with E-state index in [1.807, 2.05) is 0 Å². The Kier molecular flexibility index (Phi) is 5.20. The molecule has 0 aliphatic heterocycles. The molecule has 0 fully saturated rings. The first-order chi connectivity index (χ1) is 13.1. The number of aryl methyl sites for hydroxylation is 2. The topological polar surface area (TPSA) is 69.0 Å². The van der Waals surface area contributed by atoms with Crippen molar-refractivity contribution in [3.05, 3.63) is 46.1 Å². The summed E-state index contributed by atoms with van der Waals surface area (Å²) >= 11 is 6.00. The number of benzene rings is 1. The van der Waals surface area contributed by atoms with Crippen LogP contribution in [0.15, 0.2) is 24.3 Å². The van der Waals surface area contributed by atoms with Crippen molar-refractivity contribution in [1.29, 1.82) is 0 Å². The van der Waals surface area contributed by atoms with Gasteiger partial charge in [0.25, 0.3) is 5.91 Å². The zero-order chi connectivity index (χ0) is 20.6. The molecule has 0 aliphatic rings. The van der Waals surface area contributed by atoms with Crippen LogP contribution in [0.3, 0.4) is 0 Å². The van der Waals surface area contributed by atoms with E-state index in [2.05, 4.69) is 15.4 Å². The molecule has 10 heteroatoms. The number of rotatable bonds is 4. The van der Waals surface area contributed by atoms with Gasteiger partial charge in [0.2, 0.25) is 5.88 Å². The third-order valence-electron chi connectivity index (χ3n) is 4.14. The maximum absolute atomic E-state index is 13.4. The summed E-state index contributed by atoms with van der Waals surface area (Å²) in [4.78, 5) is 16.2. The Bertz CT molecular complexity index is 1060. The molecular formula is C18H16ClF3N4O2. The van der Waals surface area contributed by atoms with Gasteiger partial charge in [-0.05, 0) is 31.5 Å². The van der Waals surface area contributed by atoms with Crippen LogP contribution in [-0.4, -0.2) is 27.3 Å². The average Bonchev–Trinajstić information content (AvgIpc) is 2.90. The molecule has 0 radical (unpaired) electrons. The Hall–Kier alpha value is -2.81. The number of anilines is 1. The molecule has 1 N–H and O–H groups in total. The van der Waals surface area contributed by atoms with Gasteiger partial charge in [-0.1, -0.05) is 17.7 Å². The van der Waals surface area contributed by atoms with Gasteiger partial charge in [-0.15, -0.1) is 0 Å². The van der Waals surface area contributed by atoms with Crippen molar-refractivity contribution >= 4 is 34.2 Å². The summed E-state index contributed by atoms with van der Waals surface area (Å²) in [5.74, 6) is -0.872. The number of nitrogens with zero attached hydrogens (tertiary/aromatic N) is 3. The number of fused-ring (bicyclic) bond motifs is 1. The molecule has 0 unspecified atom stereocenters. The van der Waals surface area contributed by atoms with Gasteiger partial charge in [-0.25, -0.2) is 0 Å². The summed E-state index contributed by atoms with van der Waals surface area (Å²) in [5, 5.41) is 6.97. The molecule has 28 heavy (non-hydrogen) atoms. The van der Waals surface area contributed by atoms with Crippen LogP contribution in [0.2, 0.25) is 5.02 Å². The molecule has 0 spiro atoms. The lowest BCUT2D eigenvalue weighted by atomic mass is 10.1. The number of pyridine rings is 1. The van der Waals surface area contributed by atoms with Crippen LogP contribution in [0.5, 0.6) is 5.88 Å². The van der Waals surface area contributed by atoms with Gasteiger partial charge in [0.1, 0.15) is 0 Å². The maximum Gasteiger partial charge on any atom is 0.417 e. The minimum Gasteiger partial charge on any atom is -0.467 e. The van der Waals surface area contributed by atoms with E-state index < -0.39 is 24.3 Å². The van der Waals surface area contributed by atoms with Crippen LogP contribution in [0.4, 0.5) is 18.9 Å². The molecule has 0 atom stereocenters. The third-order valence-corrected chi connectivity index (χ3v) is 4.55. The molecule has 1 amide bonds. The summed E-state index contributed by atoms with van der Waals surface area (Å²) < 4.78 is 46.8. The number of nitrogens with one attached hydrogen (secondary N) is 1. The van der Waals surface area contributed by atoms with Gasteiger partial charge < -0.3 is 10.1 Å². The highest BCUT2D eigenvalue weighted by Gasteiger charge is 2.35. The normalized spacial score (nSPS) is 11.7. The van der Waals surface area contributed by atoms with E-state index in [1.165, 1.54) is 18.7 Å². The first-order valence-corrected chi connectivity index (χ1v) is 8.55. The highest BCUT2D eigenvalue weighted by atomic mass is 35.5. The number of hydrogen-bond acceptors (Lipinski definition) is 4. The Balaban J connectivity index is 1.83. The number of aromatic nitrogens is 3. The number of hydrogen-bond donors (Lipinski definition) is 1. The van der Waals surface area contributed by atoms with Gasteiger partial charge in [-0.2, -0.15) is 23.3 Å². The molecular weight excluding hydrogens is 397 g/mol. The Labute approximate surface area is 163 Å². The fourth-order valence-corrected chi connectivity index (χ4v) is 2.96. The maximum atomic E-state index is 13.4. The quantitative estimate of drug-likeness (QED) is 0.694. The summed E-state index contributed by atoms with van der Waals surface area (Å²) in [6.07, 6.45) is -4.62. The fraction of sp³-hybridized carbons (Fsp3) is 0.278. The van der Waals surface area contributed by atoms with Gasteiger partial charge in [-0.3, -0.25) is 9.48 Å². The zero-order valence-electron chi connectivity index (χ0n) is 15.2. The second-order valence-corrected chi connectivity index (χ2v) is 6.57. The molecule has 6 nitrogen and oxygen atoms in total. The number of alkyl halides is 3. The summed E-state index contributed by atoms with van der Waals surface area (Å²) in [6.45, 7) is 2.69. The van der Waals surface area contributed by atoms with Gasteiger partial charge in [0.05, 0.1) is 16.6 Å². The van der Waals surface area contributed by atoms with Gasteiger partial charge in [0, 0.05) is 23.8 Å². The summed E-state index contributed by atoms with van der Waals surface area (Å²) in [5.41, 5.74) is 0.472. The Morgan fingerprint density at radius 2 is 2.04 bits per heavy atom. The van der Waals surface area contributed by atoms with Crippen LogP contribution in [0, 0.1) is 13.8 Å². The summed E-state index contributed by atoms with van der Waals surface area (Å²) in [6, 6.07) is 5.77. The van der Waals surface area contributed by atoms with Crippen LogP contribution >= 0.6 is 11.6 Å². The molecule has 0 aliphatic carbocycles. The summed E-state index contributed by atoms with van der Waals surface area (Å²) in [7, 11) is 1.49. The molecule has 0 bridgehead atoms. The Morgan fingerprint density at radius 1 is 1.32 bits per heavy atom. The molecule has 2 heterocycles. The number of carbonyl (C=O) groups is 1. The zero-order valence-corrected chi connectivity index (χ0v) is 15.9. The van der Waals surface area contributed by atoms with E-state index in [4.69, 9.17) is 16.3 Å². The van der Waals surface area contributed by atoms with Crippen molar-refractivity contribution in [1.82, 2.24) is 14.8 Å². The SMILES string of the molecule is Cc1c(Cl)cccc1NC(=O)COc1cc(C(F)(F)F)c2c(C)nn(C)c2n1. The average molecular weight is 413 g/mol. The lowest BCUT2D eigenvalue weighted by molar-refractivity contribution is -0.136. The largest absolute Gasteiger partial charge is 0.467 e. The molecule has 3 aromatic rings. The predicted molar refractivity (Wildman–Crippen MR) is 98.6 cm³/mol. The van der Waals surface area contributed by atoms with E-state index >= 15 is 0 Å². The number of amides is 1.